The van der Waals surface area contributed by atoms with Gasteiger partial charge in [-0.25, -0.2) is 34.3 Å². The van der Waals surface area contributed by atoms with Gasteiger partial charge in [0.2, 0.25) is 0 Å². The molecule has 1 saturated carbocycles. The van der Waals surface area contributed by atoms with E-state index >= 15 is 0 Å². The molecule has 14 heterocycles. The van der Waals surface area contributed by atoms with Gasteiger partial charge in [-0.15, -0.1) is 0 Å². The lowest BCUT2D eigenvalue weighted by Crippen LogP contribution is -2.25. The molecule has 30 heteroatoms. The van der Waals surface area contributed by atoms with Crippen LogP contribution in [0.4, 0.5) is 27.7 Å². The predicted molar refractivity (Wildman–Crippen MR) is 401 cm³/mol. The van der Waals surface area contributed by atoms with Crippen molar-refractivity contribution in [3.63, 3.8) is 0 Å². The third kappa shape index (κ3) is 15.0. The van der Waals surface area contributed by atoms with E-state index in [0.29, 0.717) is 65.3 Å². The molecule has 1 aliphatic carbocycles. The number of imidazole rings is 2. The zero-order valence-electron chi connectivity index (χ0n) is 53.8. The number of fused-ring (bicyclic) bond motifs is 6. The van der Waals surface area contributed by atoms with Crippen LogP contribution in [0, 0.1) is 11.0 Å². The number of nitrogens with one attached hydrogen (secondary N) is 6. The lowest BCUT2D eigenvalue weighted by atomic mass is 9.87. The van der Waals surface area contributed by atoms with Gasteiger partial charge in [-0.3, -0.25) is 4.98 Å². The average molecular weight is 1620 g/mol. The zero-order valence-corrected chi connectivity index (χ0v) is 60.2. The molecule has 1 aliphatic rings. The van der Waals surface area contributed by atoms with Gasteiger partial charge in [-0.05, 0) is 166 Å². The minimum Gasteiger partial charge on any atom is -0.619 e. The van der Waals surface area contributed by atoms with Gasteiger partial charge >= 0.3 is 0 Å². The van der Waals surface area contributed by atoms with E-state index in [-0.39, 0.29) is 5.82 Å². The van der Waals surface area contributed by atoms with E-state index in [2.05, 4.69) is 163 Å². The number of aromatic amines is 2. The summed E-state index contributed by atoms with van der Waals surface area (Å²) in [5.41, 5.74) is 14.7. The fourth-order valence-corrected chi connectivity index (χ4v) is 13.2. The van der Waals surface area contributed by atoms with Crippen molar-refractivity contribution >= 4 is 132 Å². The minimum absolute atomic E-state index is 0.314. The van der Waals surface area contributed by atoms with Crippen LogP contribution in [0.2, 0.25) is 0 Å². The van der Waals surface area contributed by atoms with Crippen LogP contribution in [0.1, 0.15) is 66.0 Å². The van der Waals surface area contributed by atoms with Crippen LogP contribution in [0.25, 0.3) is 78.8 Å². The molecule has 0 atom stereocenters. The highest BCUT2D eigenvalue weighted by atomic mass is 79.9. The summed E-state index contributed by atoms with van der Waals surface area (Å²) in [7, 11) is 0. The summed E-state index contributed by atoms with van der Waals surface area (Å²) in [5, 5.41) is 42.5. The monoisotopic (exact) mass is 1610 g/mol. The molecule has 6 N–H and O–H groups in total. The first-order valence-corrected chi connectivity index (χ1v) is 35.5. The Bertz CT molecular complexity index is 5730. The molecule has 0 aliphatic heterocycles. The molecule has 0 unspecified atom stereocenters. The summed E-state index contributed by atoms with van der Waals surface area (Å²) >= 11 is 14.0. The van der Waals surface area contributed by atoms with E-state index < -0.39 is 0 Å². The number of halogens is 5. The number of hydrogen-bond donors (Lipinski definition) is 6. The van der Waals surface area contributed by atoms with Gasteiger partial charge < -0.3 is 45.3 Å². The Balaban J connectivity index is 0.000000110. The van der Waals surface area contributed by atoms with Crippen LogP contribution >= 0.6 is 63.7 Å². The topological polar surface area (TPSA) is 292 Å². The van der Waals surface area contributed by atoms with Crippen LogP contribution in [0.15, 0.2) is 235 Å². The molecule has 1 fully saturated rings. The molecule has 14 aromatic heterocycles. The van der Waals surface area contributed by atoms with E-state index in [1.165, 1.54) is 61.8 Å². The lowest BCUT2D eigenvalue weighted by molar-refractivity contribution is -0.605. The number of rotatable bonds is 16. The van der Waals surface area contributed by atoms with Crippen molar-refractivity contribution < 1.29 is 18.0 Å². The second kappa shape index (κ2) is 30.3. The molecule has 102 heavy (non-hydrogen) atoms. The van der Waals surface area contributed by atoms with Crippen molar-refractivity contribution in [1.29, 1.82) is 0 Å². The van der Waals surface area contributed by atoms with Gasteiger partial charge in [-0.1, -0.05) is 49.6 Å². The zero-order chi connectivity index (χ0) is 69.5. The molecule has 0 saturated heterocycles. The number of H-pyrrole nitrogens is 2. The predicted octanol–water partition coefficient (Wildman–Crippen LogP) is 16.6. The van der Waals surface area contributed by atoms with Gasteiger partial charge in [0, 0.05) is 91.6 Å². The number of benzene rings is 3. The number of anilines is 4. The molecule has 25 nitrogen and oxygen atoms in total. The Kier molecular flexibility index (Phi) is 19.8. The van der Waals surface area contributed by atoms with E-state index in [1.807, 2.05) is 95.8 Å². The maximum absolute atomic E-state index is 14.3. The summed E-state index contributed by atoms with van der Waals surface area (Å²) < 4.78 is 36.3. The number of pyridine rings is 2. The Hall–Kier alpha value is -11.2. The number of furan rings is 2. The van der Waals surface area contributed by atoms with Gasteiger partial charge in [0.15, 0.2) is 46.5 Å². The number of hydrogen-bond acceptors (Lipinski definition) is 18. The summed E-state index contributed by atoms with van der Waals surface area (Å²) in [6, 6.07) is 41.6. The van der Waals surface area contributed by atoms with E-state index in [4.69, 9.17) is 13.8 Å². The summed E-state index contributed by atoms with van der Waals surface area (Å²) in [5.74, 6) is 4.90. The van der Waals surface area contributed by atoms with Crippen LogP contribution in [0.5, 0.6) is 0 Å². The summed E-state index contributed by atoms with van der Waals surface area (Å²) in [6.07, 6.45) is 26.5. The first-order valence-electron chi connectivity index (χ1n) is 32.3. The molecule has 0 radical (unpaired) electrons. The SMILES string of the molecule is Brc1cnn2c(NCc3ccc4nc[nH]c4c3)cc(C3CCCCC3)nc12.Brc1cnn2c(NCc3cccnc3)cc(-c3ccco3)nc12.Fc1ccccc1-c1cc(NCc2ccc3nc[nH]c3c2)n2ncc(Br)c2n1.[O-][n+]1cccc(CNc2cc(-c3ccco3)nc3c(Br)cnn23)c1. The lowest BCUT2D eigenvalue weighted by Gasteiger charge is -2.22. The van der Waals surface area contributed by atoms with Crippen LogP contribution in [-0.2, 0) is 26.2 Å². The van der Waals surface area contributed by atoms with Crippen molar-refractivity contribution in [2.24, 2.45) is 0 Å². The highest BCUT2D eigenvalue weighted by molar-refractivity contribution is 9.11. The van der Waals surface area contributed by atoms with E-state index in [0.717, 1.165) is 108 Å². The van der Waals surface area contributed by atoms with Crippen molar-refractivity contribution in [1.82, 2.24) is 83.3 Å². The summed E-state index contributed by atoms with van der Waals surface area (Å²) in [6.45, 7) is 2.41. The summed E-state index contributed by atoms with van der Waals surface area (Å²) in [4.78, 5) is 37.6. The van der Waals surface area contributed by atoms with Crippen LogP contribution < -0.4 is 26.0 Å². The first-order chi connectivity index (χ1) is 50.0. The fourth-order valence-electron chi connectivity index (χ4n) is 11.8. The third-order valence-corrected chi connectivity index (χ3v) is 19.1. The van der Waals surface area contributed by atoms with Gasteiger partial charge in [0.1, 0.15) is 40.5 Å². The first kappa shape index (κ1) is 66.7. The molecule has 0 bridgehead atoms. The third-order valence-electron chi connectivity index (χ3n) is 16.9. The molecular weight excluding hydrogens is 1560 g/mol. The maximum atomic E-state index is 14.3. The molecule has 0 amide bonds. The quantitative estimate of drug-likeness (QED) is 0.0387. The van der Waals surface area contributed by atoms with Crippen LogP contribution in [0.3, 0.4) is 0 Å². The van der Waals surface area contributed by atoms with Gasteiger partial charge in [-0.2, -0.15) is 43.2 Å². The Morgan fingerprint density at radius 2 is 0.971 bits per heavy atom. The average Bonchev–Trinajstić information content (AvgIpc) is 1.65. The van der Waals surface area contributed by atoms with Crippen molar-refractivity contribution in [2.75, 3.05) is 21.3 Å². The minimum atomic E-state index is -0.314. The van der Waals surface area contributed by atoms with Crippen molar-refractivity contribution in [3.8, 4) is 34.2 Å². The Morgan fingerprint density at radius 1 is 0.490 bits per heavy atom. The number of aromatic nitrogens is 18. The molecule has 18 rings (SSSR count). The second-order valence-electron chi connectivity index (χ2n) is 23.7. The van der Waals surface area contributed by atoms with Crippen molar-refractivity contribution in [2.45, 2.75) is 64.2 Å². The number of nitrogens with zero attached hydrogens (tertiary/aromatic N) is 16. The Morgan fingerprint density at radius 3 is 1.47 bits per heavy atom. The van der Waals surface area contributed by atoms with E-state index in [1.54, 1.807) is 93.8 Å². The molecule has 3 aromatic carbocycles. The molecular formula is C72H59Br4FN22O3. The van der Waals surface area contributed by atoms with Crippen molar-refractivity contribution in [3.05, 3.63) is 265 Å². The second-order valence-corrected chi connectivity index (χ2v) is 27.1. The maximum Gasteiger partial charge on any atom is 0.185 e. The van der Waals surface area contributed by atoms with E-state index in [9.17, 15) is 9.60 Å². The van der Waals surface area contributed by atoms with Gasteiger partial charge in [0.05, 0.1) is 95.6 Å². The molecule has 17 aromatic rings. The highest BCUT2D eigenvalue weighted by Crippen LogP contribution is 2.35. The smallest absolute Gasteiger partial charge is 0.185 e. The Labute approximate surface area is 613 Å². The standard InChI is InChI=1S/C20H14BrFN6.C20H21BrN6.C16H12BrN5O2.C16H12BrN5O/c21-14-10-26-28-19(23-9-12-5-6-16-18(7-12)25-11-24-16)8-17(27-20(14)28)13-3-1-2-4-15(13)22;21-15-11-25-27-19(9-17(26-20(15)27)14-4-2-1-3-5-14)22-10-13-6-7-16-18(8-13)24-12-23-16;17-12-9-19-22-15(18-8-11-3-1-5-21(23)10-11)7-13(20-16(12)22)14-4-2-6-24-14;17-12-10-20-22-15(19-9-11-3-1-5-18-8-11)7-13(21-16(12)22)14-4-2-6-23-14/h1-8,10-11,23H,9H2,(H,24,25);6-9,11-12,14,22H,1-5,10H2,(H,23,24);1-7,9-10,18H,8H2;1-8,10,19H,9H2. The largest absolute Gasteiger partial charge is 0.619 e. The normalized spacial score (nSPS) is 12.3. The van der Waals surface area contributed by atoms with Crippen LogP contribution in [-0.4, -0.2) is 83.3 Å². The molecule has 0 spiro atoms. The molecule has 510 valence electrons. The highest BCUT2D eigenvalue weighted by Gasteiger charge is 2.22. The van der Waals surface area contributed by atoms with Gasteiger partial charge in [0.25, 0.3) is 0 Å². The fraction of sp³-hybridized carbons (Fsp3) is 0.139.